The van der Waals surface area contributed by atoms with Crippen LogP contribution < -0.4 is 10.7 Å². The molecule has 2 rings (SSSR count). The van der Waals surface area contributed by atoms with E-state index in [1.54, 1.807) is 24.3 Å². The first-order valence-electron chi connectivity index (χ1n) is 8.28. The third-order valence-electron chi connectivity index (χ3n) is 3.38. The number of hydrogen-bond acceptors (Lipinski definition) is 6. The lowest BCUT2D eigenvalue weighted by atomic mass is 10.1. The minimum Gasteiger partial charge on any atom is -0.455 e. The average molecular weight is 372 g/mol. The highest BCUT2D eigenvalue weighted by Crippen LogP contribution is 2.25. The number of furan rings is 1. The van der Waals surface area contributed by atoms with Gasteiger partial charge in [0.2, 0.25) is 11.8 Å². The number of hydrogen-bond donors (Lipinski definition) is 2. The fourth-order valence-corrected chi connectivity index (χ4v) is 2.08. The second-order valence-electron chi connectivity index (χ2n) is 6.18. The summed E-state index contributed by atoms with van der Waals surface area (Å²) in [6, 6.07) is 9.29. The van der Waals surface area contributed by atoms with Crippen molar-refractivity contribution in [2.75, 3.05) is 6.54 Å². The number of nitrogens with zero attached hydrogens (tertiary/aromatic N) is 2. The van der Waals surface area contributed by atoms with Crippen LogP contribution in [0.1, 0.15) is 26.0 Å². The Morgan fingerprint density at radius 2 is 2.04 bits per heavy atom. The number of amides is 2. The maximum absolute atomic E-state index is 11.6. The van der Waals surface area contributed by atoms with Gasteiger partial charge in [0.05, 0.1) is 11.1 Å². The highest BCUT2D eigenvalue weighted by molar-refractivity contribution is 5.97. The van der Waals surface area contributed by atoms with Crippen LogP contribution in [0.2, 0.25) is 0 Å². The van der Waals surface area contributed by atoms with Gasteiger partial charge in [0.25, 0.3) is 5.69 Å². The lowest BCUT2D eigenvalue weighted by molar-refractivity contribution is -0.384. The normalized spacial score (nSPS) is 10.9. The van der Waals surface area contributed by atoms with Crippen molar-refractivity contribution >= 4 is 23.7 Å². The molecular formula is C18H20N4O5. The number of carbonyl (C=O) groups excluding carboxylic acids is 2. The van der Waals surface area contributed by atoms with Crippen molar-refractivity contribution in [3.05, 3.63) is 52.3 Å². The van der Waals surface area contributed by atoms with Crippen molar-refractivity contribution in [1.29, 1.82) is 0 Å². The molecule has 1 aromatic carbocycles. The Labute approximate surface area is 155 Å². The maximum Gasteiger partial charge on any atom is 0.270 e. The van der Waals surface area contributed by atoms with E-state index in [-0.39, 0.29) is 18.0 Å². The minimum absolute atomic E-state index is 0.0397. The molecule has 0 unspecified atom stereocenters. The number of nitrogens with one attached hydrogen (secondary N) is 2. The molecule has 0 aliphatic carbocycles. The molecule has 2 N–H and O–H groups in total. The van der Waals surface area contributed by atoms with Gasteiger partial charge in [0, 0.05) is 24.2 Å². The van der Waals surface area contributed by atoms with E-state index < -0.39 is 10.8 Å². The monoisotopic (exact) mass is 372 g/mol. The summed E-state index contributed by atoms with van der Waals surface area (Å²) in [5, 5.41) is 17.2. The summed E-state index contributed by atoms with van der Waals surface area (Å²) >= 11 is 0. The zero-order valence-electron chi connectivity index (χ0n) is 15.0. The van der Waals surface area contributed by atoms with Crippen molar-refractivity contribution in [3.8, 4) is 11.3 Å². The van der Waals surface area contributed by atoms with Gasteiger partial charge >= 0.3 is 0 Å². The van der Waals surface area contributed by atoms with Crippen LogP contribution in [0.15, 0.2) is 45.9 Å². The fraction of sp³-hybridized carbons (Fsp3) is 0.278. The van der Waals surface area contributed by atoms with E-state index in [9.17, 15) is 19.7 Å². The Bertz CT molecular complexity index is 857. The lowest BCUT2D eigenvalue weighted by Crippen LogP contribution is -2.32. The third kappa shape index (κ3) is 6.38. The van der Waals surface area contributed by atoms with Crippen molar-refractivity contribution in [2.24, 2.45) is 11.0 Å². The molecule has 9 heteroatoms. The number of nitro benzene ring substituents is 1. The summed E-state index contributed by atoms with van der Waals surface area (Å²) in [4.78, 5) is 33.5. The second-order valence-corrected chi connectivity index (χ2v) is 6.18. The average Bonchev–Trinajstić information content (AvgIpc) is 3.09. The van der Waals surface area contributed by atoms with Crippen molar-refractivity contribution in [1.82, 2.24) is 10.7 Å². The van der Waals surface area contributed by atoms with Crippen molar-refractivity contribution in [3.63, 3.8) is 0 Å². The van der Waals surface area contributed by atoms with E-state index in [4.69, 9.17) is 4.42 Å². The maximum atomic E-state index is 11.6. The lowest BCUT2D eigenvalue weighted by Gasteiger charge is -2.06. The zero-order valence-corrected chi connectivity index (χ0v) is 15.0. The summed E-state index contributed by atoms with van der Waals surface area (Å²) in [6.07, 6.45) is 0.964. The first-order chi connectivity index (χ1) is 12.8. The Kier molecular flexibility index (Phi) is 6.81. The molecule has 1 aromatic heterocycles. The molecule has 0 saturated carbocycles. The van der Waals surface area contributed by atoms with Gasteiger partial charge in [-0.2, -0.15) is 5.10 Å². The first-order valence-corrected chi connectivity index (χ1v) is 8.28. The van der Waals surface area contributed by atoms with Crippen molar-refractivity contribution < 1.29 is 18.9 Å². The van der Waals surface area contributed by atoms with Gasteiger partial charge in [0.15, 0.2) is 0 Å². The molecule has 2 aromatic rings. The first kappa shape index (κ1) is 19.8. The van der Waals surface area contributed by atoms with Gasteiger partial charge in [-0.05, 0) is 18.1 Å². The number of benzene rings is 1. The summed E-state index contributed by atoms with van der Waals surface area (Å²) in [7, 11) is 0. The number of hydrazone groups is 1. The predicted molar refractivity (Wildman–Crippen MR) is 99.0 cm³/mol. The van der Waals surface area contributed by atoms with E-state index >= 15 is 0 Å². The Hall–Kier alpha value is -3.49. The molecule has 9 nitrogen and oxygen atoms in total. The molecule has 0 atom stereocenters. The molecule has 0 aliphatic rings. The SMILES string of the molecule is CC(C)CNC(=O)CC(=O)N/N=C\c1ccc(-c2cccc([N+](=O)[O-])c2)o1. The van der Waals surface area contributed by atoms with Crippen LogP contribution >= 0.6 is 0 Å². The van der Waals surface area contributed by atoms with E-state index in [2.05, 4.69) is 15.8 Å². The number of nitro groups is 1. The predicted octanol–water partition coefficient (Wildman–Crippen LogP) is 2.47. The smallest absolute Gasteiger partial charge is 0.270 e. The summed E-state index contributed by atoms with van der Waals surface area (Å²) in [5.74, 6) is 0.162. The molecule has 1 heterocycles. The molecule has 0 bridgehead atoms. The number of carbonyl (C=O) groups is 2. The van der Waals surface area contributed by atoms with Crippen LogP contribution in [0.3, 0.4) is 0 Å². The van der Waals surface area contributed by atoms with Crippen LogP contribution in [0.4, 0.5) is 5.69 Å². The Morgan fingerprint density at radius 1 is 1.26 bits per heavy atom. The largest absolute Gasteiger partial charge is 0.455 e. The minimum atomic E-state index is -0.544. The Balaban J connectivity index is 1.90. The van der Waals surface area contributed by atoms with Crippen LogP contribution in [-0.4, -0.2) is 29.5 Å². The molecule has 2 amide bonds. The molecule has 0 aliphatic heterocycles. The summed E-state index contributed by atoms with van der Waals surface area (Å²) in [6.45, 7) is 4.41. The molecule has 0 spiro atoms. The van der Waals surface area contributed by atoms with Crippen LogP contribution in [0.5, 0.6) is 0 Å². The summed E-state index contributed by atoms with van der Waals surface area (Å²) < 4.78 is 5.53. The van der Waals surface area contributed by atoms with E-state index in [0.29, 0.717) is 29.5 Å². The molecule has 0 fully saturated rings. The van der Waals surface area contributed by atoms with Gasteiger partial charge in [-0.3, -0.25) is 19.7 Å². The van der Waals surface area contributed by atoms with Gasteiger partial charge in [-0.1, -0.05) is 26.0 Å². The third-order valence-corrected chi connectivity index (χ3v) is 3.38. The van der Waals surface area contributed by atoms with Crippen LogP contribution in [0, 0.1) is 16.0 Å². The van der Waals surface area contributed by atoms with Gasteiger partial charge < -0.3 is 9.73 Å². The quantitative estimate of drug-likeness (QED) is 0.318. The molecule has 142 valence electrons. The highest BCUT2D eigenvalue weighted by atomic mass is 16.6. The van der Waals surface area contributed by atoms with Crippen molar-refractivity contribution in [2.45, 2.75) is 20.3 Å². The molecule has 0 radical (unpaired) electrons. The van der Waals surface area contributed by atoms with Gasteiger partial charge in [-0.15, -0.1) is 0 Å². The van der Waals surface area contributed by atoms with Crippen LogP contribution in [-0.2, 0) is 9.59 Å². The Morgan fingerprint density at radius 3 is 2.74 bits per heavy atom. The highest BCUT2D eigenvalue weighted by Gasteiger charge is 2.10. The summed E-state index contributed by atoms with van der Waals surface area (Å²) in [5.41, 5.74) is 2.75. The number of non-ortho nitro benzene ring substituents is 1. The second kappa shape index (κ2) is 9.27. The van der Waals surface area contributed by atoms with Gasteiger partial charge in [0.1, 0.15) is 17.9 Å². The van der Waals surface area contributed by atoms with E-state index in [1.807, 2.05) is 13.8 Å². The molecule has 0 saturated heterocycles. The molecule has 27 heavy (non-hydrogen) atoms. The van der Waals surface area contributed by atoms with E-state index in [0.717, 1.165) is 0 Å². The van der Waals surface area contributed by atoms with E-state index in [1.165, 1.54) is 18.3 Å². The standard InChI is InChI=1S/C18H20N4O5/c1-12(2)10-19-17(23)9-18(24)21-20-11-15-6-7-16(27-15)13-4-3-5-14(8-13)22(25)26/h3-8,11-12H,9-10H2,1-2H3,(H,19,23)(H,21,24)/b20-11-. The molecular weight excluding hydrogens is 352 g/mol. The topological polar surface area (TPSA) is 127 Å². The number of rotatable bonds is 8. The zero-order chi connectivity index (χ0) is 19.8. The van der Waals surface area contributed by atoms with Gasteiger partial charge in [-0.25, -0.2) is 5.43 Å². The fourth-order valence-electron chi connectivity index (χ4n) is 2.08. The van der Waals surface area contributed by atoms with Crippen LogP contribution in [0.25, 0.3) is 11.3 Å².